The van der Waals surface area contributed by atoms with Crippen molar-refractivity contribution in [2.45, 2.75) is 26.4 Å². The van der Waals surface area contributed by atoms with E-state index in [0.717, 1.165) is 6.20 Å². The number of nitrogens with zero attached hydrogens (tertiary/aromatic N) is 2. The second-order valence-corrected chi connectivity index (χ2v) is 8.48. The molecule has 154 valence electrons. The Bertz CT molecular complexity index is 1460. The highest BCUT2D eigenvalue weighted by atomic mass is 16.6. The molecule has 0 fully saturated rings. The number of carbonyl (C=O) groups excluding carboxylic acids is 3. The van der Waals surface area contributed by atoms with Crippen molar-refractivity contribution >= 4 is 39.5 Å². The van der Waals surface area contributed by atoms with Gasteiger partial charge in [0.15, 0.2) is 6.20 Å². The summed E-state index contributed by atoms with van der Waals surface area (Å²) >= 11 is 0. The Kier molecular flexibility index (Phi) is 3.83. The molecule has 0 unspecified atom stereocenters. The molecule has 2 aromatic carbocycles. The van der Waals surface area contributed by atoms with Gasteiger partial charge in [-0.05, 0) is 32.9 Å². The van der Waals surface area contributed by atoms with Gasteiger partial charge in [-0.3, -0.25) is 9.59 Å². The highest BCUT2D eigenvalue weighted by Gasteiger charge is 2.40. The van der Waals surface area contributed by atoms with E-state index in [1.54, 1.807) is 69.3 Å². The first-order chi connectivity index (χ1) is 14.7. The number of benzene rings is 2. The normalized spacial score (nSPS) is 13.4. The molecule has 7 nitrogen and oxygen atoms in total. The molecule has 2 heterocycles. The van der Waals surface area contributed by atoms with Gasteiger partial charge in [-0.1, -0.05) is 30.3 Å². The van der Waals surface area contributed by atoms with Crippen LogP contribution in [0.4, 0.5) is 4.79 Å². The molecule has 31 heavy (non-hydrogen) atoms. The maximum atomic E-state index is 13.7. The zero-order valence-corrected chi connectivity index (χ0v) is 17.1. The van der Waals surface area contributed by atoms with E-state index in [0.29, 0.717) is 21.0 Å². The lowest BCUT2D eigenvalue weighted by molar-refractivity contribution is -0.577. The molecule has 0 bridgehead atoms. The number of aromatic nitrogens is 2. The lowest BCUT2D eigenvalue weighted by Crippen LogP contribution is -2.34. The summed E-state index contributed by atoms with van der Waals surface area (Å²) in [6.07, 6.45) is 0.397. The minimum Gasteiger partial charge on any atom is -0.618 e. The lowest BCUT2D eigenvalue weighted by atomic mass is 9.85. The molecule has 0 saturated carbocycles. The third kappa shape index (κ3) is 2.66. The van der Waals surface area contributed by atoms with E-state index in [-0.39, 0.29) is 27.9 Å². The molecule has 1 aliphatic carbocycles. The Hall–Kier alpha value is -4.00. The van der Waals surface area contributed by atoms with Gasteiger partial charge >= 0.3 is 6.09 Å². The number of carbonyl (C=O) groups is 3. The molecule has 0 atom stereocenters. The van der Waals surface area contributed by atoms with Gasteiger partial charge in [-0.15, -0.1) is 0 Å². The molecular weight excluding hydrogens is 396 g/mol. The van der Waals surface area contributed by atoms with Crippen LogP contribution < -0.4 is 4.73 Å². The van der Waals surface area contributed by atoms with Crippen LogP contribution in [0.1, 0.15) is 52.7 Å². The van der Waals surface area contributed by atoms with Gasteiger partial charge in [0.05, 0.1) is 27.6 Å². The monoisotopic (exact) mass is 414 g/mol. The van der Waals surface area contributed by atoms with Gasteiger partial charge in [0.1, 0.15) is 11.3 Å². The van der Waals surface area contributed by atoms with Crippen LogP contribution in [0.15, 0.2) is 54.7 Å². The molecule has 0 amide bonds. The number of rotatable bonds is 0. The third-order valence-electron chi connectivity index (χ3n) is 5.29. The van der Waals surface area contributed by atoms with E-state index in [2.05, 4.69) is 0 Å². The maximum absolute atomic E-state index is 13.7. The first-order valence-corrected chi connectivity index (χ1v) is 9.80. The van der Waals surface area contributed by atoms with E-state index >= 15 is 0 Å². The van der Waals surface area contributed by atoms with Crippen LogP contribution in [-0.4, -0.2) is 27.8 Å². The van der Waals surface area contributed by atoms with E-state index < -0.39 is 23.3 Å². The number of ether oxygens (including phenoxy) is 1. The molecule has 0 radical (unpaired) electrons. The zero-order valence-electron chi connectivity index (χ0n) is 17.1. The second-order valence-electron chi connectivity index (χ2n) is 8.48. The van der Waals surface area contributed by atoms with Crippen LogP contribution in [0.3, 0.4) is 0 Å². The number of pyridine rings is 1. The number of hydrogen-bond acceptors (Lipinski definition) is 5. The number of para-hydroxylation sites is 2. The molecule has 0 saturated heterocycles. The maximum Gasteiger partial charge on any atom is 0.419 e. The highest BCUT2D eigenvalue weighted by Crippen LogP contribution is 2.37. The van der Waals surface area contributed by atoms with Gasteiger partial charge in [0, 0.05) is 11.5 Å². The summed E-state index contributed by atoms with van der Waals surface area (Å²) in [6, 6.07) is 13.4. The van der Waals surface area contributed by atoms with Crippen molar-refractivity contribution in [1.82, 2.24) is 4.57 Å². The van der Waals surface area contributed by atoms with Crippen molar-refractivity contribution in [3.8, 4) is 0 Å². The summed E-state index contributed by atoms with van der Waals surface area (Å²) in [5.41, 5.74) is 0.0823. The van der Waals surface area contributed by atoms with Crippen LogP contribution in [0.25, 0.3) is 21.8 Å². The fourth-order valence-electron chi connectivity index (χ4n) is 4.13. The largest absolute Gasteiger partial charge is 0.618 e. The molecular formula is C24H18N2O5. The van der Waals surface area contributed by atoms with Crippen LogP contribution in [0.2, 0.25) is 0 Å². The average molecular weight is 414 g/mol. The number of fused-ring (bicyclic) bond motifs is 6. The fourth-order valence-corrected chi connectivity index (χ4v) is 4.13. The van der Waals surface area contributed by atoms with Gasteiger partial charge in [0.25, 0.3) is 0 Å². The first-order valence-electron chi connectivity index (χ1n) is 9.80. The first kappa shape index (κ1) is 19.0. The standard InChI is InChI=1S/C24H18N2O5/c1-24(2,3)31-23(29)26-17-11-7-5-9-14(17)19-20(26)22(28)18-13-8-4-6-10-16(13)25(30)12-15(18)21(19)27/h4-12H,1-3H3. The number of ketones is 2. The Labute approximate surface area is 177 Å². The van der Waals surface area contributed by atoms with Crippen LogP contribution in [0.5, 0.6) is 0 Å². The fraction of sp³-hybridized carbons (Fsp3) is 0.167. The molecule has 7 heteroatoms. The Morgan fingerprint density at radius 3 is 2.29 bits per heavy atom. The number of hydrogen-bond donors (Lipinski definition) is 0. The van der Waals surface area contributed by atoms with Gasteiger partial charge < -0.3 is 9.94 Å². The summed E-state index contributed by atoms with van der Waals surface area (Å²) in [5.74, 6) is -0.970. The molecule has 2 aromatic heterocycles. The van der Waals surface area contributed by atoms with Crippen molar-refractivity contribution < 1.29 is 23.9 Å². The second kappa shape index (κ2) is 6.25. The van der Waals surface area contributed by atoms with Gasteiger partial charge in [-0.25, -0.2) is 9.36 Å². The highest BCUT2D eigenvalue weighted by molar-refractivity contribution is 6.35. The van der Waals surface area contributed by atoms with Crippen LogP contribution in [-0.2, 0) is 4.74 Å². The van der Waals surface area contributed by atoms with Crippen molar-refractivity contribution in [2.75, 3.05) is 0 Å². The van der Waals surface area contributed by atoms with Crippen molar-refractivity contribution in [1.29, 1.82) is 0 Å². The van der Waals surface area contributed by atoms with E-state index in [1.165, 1.54) is 4.57 Å². The molecule has 1 aliphatic rings. The predicted octanol–water partition coefficient (Wildman–Crippen LogP) is 3.99. The summed E-state index contributed by atoms with van der Waals surface area (Å²) in [6.45, 7) is 5.18. The molecule has 5 rings (SSSR count). The Balaban J connectivity index is 1.88. The summed E-state index contributed by atoms with van der Waals surface area (Å²) in [5, 5.41) is 13.3. The van der Waals surface area contributed by atoms with Crippen molar-refractivity contribution in [3.05, 3.63) is 82.3 Å². The molecule has 4 aromatic rings. The minimum atomic E-state index is -0.796. The molecule has 0 aliphatic heterocycles. The zero-order chi connectivity index (χ0) is 22.1. The smallest absolute Gasteiger partial charge is 0.419 e. The minimum absolute atomic E-state index is 0.0262. The SMILES string of the molecule is CC(C)(C)OC(=O)n1c2c(c3ccccc31)C(=O)c1c[n+]([O-])c3ccccc3c1C2=O. The quantitative estimate of drug-likeness (QED) is 0.282. The third-order valence-corrected chi connectivity index (χ3v) is 5.29. The summed E-state index contributed by atoms with van der Waals surface area (Å²) in [7, 11) is 0. The van der Waals surface area contributed by atoms with Crippen LogP contribution >= 0.6 is 0 Å². The topological polar surface area (TPSA) is 92.3 Å². The van der Waals surface area contributed by atoms with Crippen molar-refractivity contribution in [2.24, 2.45) is 0 Å². The van der Waals surface area contributed by atoms with Crippen molar-refractivity contribution in [3.63, 3.8) is 0 Å². The Morgan fingerprint density at radius 2 is 1.58 bits per heavy atom. The summed E-state index contributed by atoms with van der Waals surface area (Å²) in [4.78, 5) is 40.4. The Morgan fingerprint density at radius 1 is 0.935 bits per heavy atom. The van der Waals surface area contributed by atoms with E-state index in [9.17, 15) is 19.6 Å². The molecule has 0 N–H and O–H groups in total. The van der Waals surface area contributed by atoms with Gasteiger partial charge in [0.2, 0.25) is 17.1 Å². The summed E-state index contributed by atoms with van der Waals surface area (Å²) < 4.78 is 7.31. The lowest BCUT2D eigenvalue weighted by Gasteiger charge is -2.22. The average Bonchev–Trinajstić information content (AvgIpc) is 3.07. The predicted molar refractivity (Wildman–Crippen MR) is 113 cm³/mol. The van der Waals surface area contributed by atoms with E-state index in [4.69, 9.17) is 4.74 Å². The van der Waals surface area contributed by atoms with Gasteiger partial charge in [-0.2, -0.15) is 4.73 Å². The molecule has 0 spiro atoms. The van der Waals surface area contributed by atoms with Crippen LogP contribution in [0, 0.1) is 5.21 Å². The van der Waals surface area contributed by atoms with E-state index in [1.807, 2.05) is 0 Å².